The van der Waals surface area contributed by atoms with Crippen molar-refractivity contribution < 1.29 is 22.7 Å². The minimum absolute atomic E-state index is 0.0194. The van der Waals surface area contributed by atoms with Gasteiger partial charge in [0.1, 0.15) is 17.6 Å². The van der Waals surface area contributed by atoms with Gasteiger partial charge in [-0.3, -0.25) is 15.0 Å². The van der Waals surface area contributed by atoms with Crippen molar-refractivity contribution in [2.24, 2.45) is 11.1 Å². The molecule has 4 aromatic rings. The van der Waals surface area contributed by atoms with Gasteiger partial charge >= 0.3 is 0 Å². The largest absolute Gasteiger partial charge is 0.484 e. The number of sulfone groups is 1. The second kappa shape index (κ2) is 16.0. The Balaban J connectivity index is 1.33. The first-order chi connectivity index (χ1) is 24.0. The van der Waals surface area contributed by atoms with Gasteiger partial charge in [-0.2, -0.15) is 0 Å². The monoisotopic (exact) mass is 695 g/mol. The molecule has 4 aromatic carbocycles. The van der Waals surface area contributed by atoms with Crippen molar-refractivity contribution in [2.75, 3.05) is 23.8 Å². The summed E-state index contributed by atoms with van der Waals surface area (Å²) in [4.78, 5) is 28.9. The molecule has 0 fully saturated rings. The number of unbranched alkanes of at least 4 members (excludes halogenated alkanes) is 1. The lowest BCUT2D eigenvalue weighted by molar-refractivity contribution is -0.130. The van der Waals surface area contributed by atoms with E-state index >= 15 is 0 Å². The third-order valence-corrected chi connectivity index (χ3v) is 11.2. The number of benzene rings is 4. The Hall–Kier alpha value is -5.16. The zero-order valence-electron chi connectivity index (χ0n) is 28.5. The summed E-state index contributed by atoms with van der Waals surface area (Å²) < 4.78 is 34.0. The number of nitrogens with zero attached hydrogens (tertiary/aromatic N) is 1. The van der Waals surface area contributed by atoms with Gasteiger partial charge in [0.15, 0.2) is 16.4 Å². The van der Waals surface area contributed by atoms with Crippen molar-refractivity contribution in [2.45, 2.75) is 57.0 Å². The molecule has 5 N–H and O–H groups in total. The SMILES string of the molecule is CCCCC1(CC)CN(c2ccccc2)c2ccc(OCC(=O)N[C@@H](C(=O)NCc3ccc(C(=N)N)cc3)c3ccccc3)cc2S(=O)(=O)C1. The summed E-state index contributed by atoms with van der Waals surface area (Å²) in [6.45, 7) is 4.51. The Kier molecular flexibility index (Phi) is 11.6. The maximum atomic E-state index is 14.1. The lowest BCUT2D eigenvalue weighted by atomic mass is 9.81. The summed E-state index contributed by atoms with van der Waals surface area (Å²) in [5.74, 6) is -0.751. The first kappa shape index (κ1) is 36.1. The van der Waals surface area contributed by atoms with Crippen LogP contribution >= 0.6 is 0 Å². The number of fused-ring (bicyclic) bond motifs is 1. The molecule has 1 heterocycles. The molecular formula is C39H45N5O5S. The molecule has 1 aliphatic heterocycles. The fraction of sp³-hybridized carbons (Fsp3) is 0.308. The highest BCUT2D eigenvalue weighted by Crippen LogP contribution is 2.45. The van der Waals surface area contributed by atoms with E-state index < -0.39 is 39.7 Å². The molecular weight excluding hydrogens is 651 g/mol. The number of hydrogen-bond donors (Lipinski definition) is 4. The smallest absolute Gasteiger partial charge is 0.258 e. The van der Waals surface area contributed by atoms with E-state index in [1.807, 2.05) is 36.4 Å². The predicted octanol–water partition coefficient (Wildman–Crippen LogP) is 6.04. The Morgan fingerprint density at radius 2 is 1.64 bits per heavy atom. The molecule has 0 bridgehead atoms. The highest BCUT2D eigenvalue weighted by molar-refractivity contribution is 7.91. The van der Waals surface area contributed by atoms with Gasteiger partial charge in [0.05, 0.1) is 16.3 Å². The van der Waals surface area contributed by atoms with Gasteiger partial charge in [0.2, 0.25) is 5.91 Å². The van der Waals surface area contributed by atoms with Crippen molar-refractivity contribution >= 4 is 38.9 Å². The molecule has 0 aromatic heterocycles. The van der Waals surface area contributed by atoms with Gasteiger partial charge < -0.3 is 26.0 Å². The van der Waals surface area contributed by atoms with E-state index in [0.717, 1.165) is 36.9 Å². The van der Waals surface area contributed by atoms with Crippen LogP contribution < -0.4 is 26.0 Å². The normalized spacial score (nSPS) is 17.1. The van der Waals surface area contributed by atoms with E-state index in [1.54, 1.807) is 60.7 Å². The third-order valence-electron chi connectivity index (χ3n) is 9.23. The Morgan fingerprint density at radius 1 is 0.960 bits per heavy atom. The number of ether oxygens (including phenoxy) is 1. The highest BCUT2D eigenvalue weighted by atomic mass is 32.2. The second-order valence-electron chi connectivity index (χ2n) is 12.8. The molecule has 2 atom stereocenters. The lowest BCUT2D eigenvalue weighted by Gasteiger charge is -2.36. The zero-order valence-corrected chi connectivity index (χ0v) is 29.3. The van der Waals surface area contributed by atoms with Crippen LogP contribution in [0, 0.1) is 10.8 Å². The van der Waals surface area contributed by atoms with Crippen molar-refractivity contribution in [3.05, 3.63) is 120 Å². The minimum atomic E-state index is -3.72. The molecule has 0 spiro atoms. The molecule has 2 amide bonds. The number of nitrogen functional groups attached to an aromatic ring is 1. The number of anilines is 2. The predicted molar refractivity (Wildman–Crippen MR) is 196 cm³/mol. The molecule has 5 rings (SSSR count). The average Bonchev–Trinajstić information content (AvgIpc) is 3.23. The van der Waals surface area contributed by atoms with E-state index in [-0.39, 0.29) is 28.8 Å². The van der Waals surface area contributed by atoms with Crippen LogP contribution in [0.15, 0.2) is 108 Å². The highest BCUT2D eigenvalue weighted by Gasteiger charge is 2.41. The molecule has 0 radical (unpaired) electrons. The molecule has 0 saturated heterocycles. The standard InChI is InChI=1S/C39H45N5O5S/c1-3-5-22-39(4-2)26-44(31-14-10-7-11-15-31)33-21-20-32(23-34(33)50(47,48)27-39)49-25-35(45)43-36(29-12-8-6-9-13-29)38(46)42-24-28-16-18-30(19-17-28)37(40)41/h6-21,23,36H,3-5,22,24-27H2,1-2H3,(H3,40,41)(H,42,46)(H,43,45)/t36-,39?/m1/s1. The topological polar surface area (TPSA) is 155 Å². The first-order valence-corrected chi connectivity index (χ1v) is 18.6. The van der Waals surface area contributed by atoms with Gasteiger partial charge in [-0.25, -0.2) is 8.42 Å². The minimum Gasteiger partial charge on any atom is -0.484 e. The average molecular weight is 696 g/mol. The third kappa shape index (κ3) is 8.70. The van der Waals surface area contributed by atoms with Crippen LogP contribution in [0.3, 0.4) is 0 Å². The van der Waals surface area contributed by atoms with Crippen molar-refractivity contribution in [3.63, 3.8) is 0 Å². The van der Waals surface area contributed by atoms with Crippen LogP contribution in [0.5, 0.6) is 5.75 Å². The van der Waals surface area contributed by atoms with Gasteiger partial charge in [-0.1, -0.05) is 99.5 Å². The molecule has 0 saturated carbocycles. The van der Waals surface area contributed by atoms with E-state index in [0.29, 0.717) is 23.4 Å². The summed E-state index contributed by atoms with van der Waals surface area (Å²) in [6, 6.07) is 29.6. The Bertz CT molecular complexity index is 1900. The van der Waals surface area contributed by atoms with E-state index in [2.05, 4.69) is 29.4 Å². The molecule has 1 aliphatic rings. The molecule has 262 valence electrons. The number of hydrogen-bond acceptors (Lipinski definition) is 7. The van der Waals surface area contributed by atoms with Crippen LogP contribution in [0.25, 0.3) is 0 Å². The van der Waals surface area contributed by atoms with Gasteiger partial charge in [-0.05, 0) is 48.2 Å². The molecule has 11 heteroatoms. The summed E-state index contributed by atoms with van der Waals surface area (Å²) in [5, 5.41) is 13.2. The Morgan fingerprint density at radius 3 is 2.28 bits per heavy atom. The van der Waals surface area contributed by atoms with Crippen LogP contribution in [-0.4, -0.2) is 45.0 Å². The summed E-state index contributed by atoms with van der Waals surface area (Å²) in [6.07, 6.45) is 3.42. The van der Waals surface area contributed by atoms with Gasteiger partial charge in [0.25, 0.3) is 5.91 Å². The van der Waals surface area contributed by atoms with Crippen LogP contribution in [-0.2, 0) is 26.0 Å². The van der Waals surface area contributed by atoms with Crippen molar-refractivity contribution in [1.82, 2.24) is 10.6 Å². The van der Waals surface area contributed by atoms with Crippen LogP contribution in [0.1, 0.15) is 62.3 Å². The number of rotatable bonds is 14. The second-order valence-corrected chi connectivity index (χ2v) is 14.8. The number of amidine groups is 1. The van der Waals surface area contributed by atoms with Crippen LogP contribution in [0.2, 0.25) is 0 Å². The summed E-state index contributed by atoms with van der Waals surface area (Å²) in [5.41, 5.74) is 8.56. The van der Waals surface area contributed by atoms with Crippen molar-refractivity contribution in [3.8, 4) is 5.75 Å². The molecule has 1 unspecified atom stereocenters. The fourth-order valence-corrected chi connectivity index (χ4v) is 8.52. The molecule has 50 heavy (non-hydrogen) atoms. The summed E-state index contributed by atoms with van der Waals surface area (Å²) in [7, 11) is -3.72. The fourth-order valence-electron chi connectivity index (χ4n) is 6.33. The van der Waals surface area contributed by atoms with E-state index in [9.17, 15) is 18.0 Å². The molecule has 10 nitrogen and oxygen atoms in total. The first-order valence-electron chi connectivity index (χ1n) is 16.9. The molecule has 0 aliphatic carbocycles. The number of carbonyl (C=O) groups excluding carboxylic acids is 2. The van der Waals surface area contributed by atoms with E-state index in [4.69, 9.17) is 15.9 Å². The van der Waals surface area contributed by atoms with E-state index in [1.165, 1.54) is 6.07 Å². The van der Waals surface area contributed by atoms with Gasteiger partial charge in [-0.15, -0.1) is 0 Å². The summed E-state index contributed by atoms with van der Waals surface area (Å²) >= 11 is 0. The maximum Gasteiger partial charge on any atom is 0.258 e. The number of carbonyl (C=O) groups is 2. The number of nitrogens with two attached hydrogens (primary N) is 1. The number of nitrogens with one attached hydrogen (secondary N) is 3. The number of amides is 2. The lowest BCUT2D eigenvalue weighted by Crippen LogP contribution is -2.41. The Labute approximate surface area is 294 Å². The maximum absolute atomic E-state index is 14.1. The van der Waals surface area contributed by atoms with Gasteiger partial charge in [0, 0.05) is 35.8 Å². The number of para-hydroxylation sites is 1. The zero-order chi connectivity index (χ0) is 35.7. The van der Waals surface area contributed by atoms with Crippen molar-refractivity contribution in [1.29, 1.82) is 5.41 Å². The quantitative estimate of drug-likeness (QED) is 0.0927. The van der Waals surface area contributed by atoms with Crippen LogP contribution in [0.4, 0.5) is 11.4 Å².